The van der Waals surface area contributed by atoms with E-state index in [2.05, 4.69) is 20.6 Å². The van der Waals surface area contributed by atoms with Gasteiger partial charge in [-0.3, -0.25) is 18.8 Å². The molecule has 3 heterocycles. The fraction of sp³-hybridized carbons (Fsp3) is 0.467. The Hall–Kier alpha value is -2.64. The number of aryl methyl sites for hydroxylation is 5. The van der Waals surface area contributed by atoms with Crippen LogP contribution in [-0.4, -0.2) is 41.8 Å². The molecule has 0 bridgehead atoms. The molecule has 3 aromatic rings. The largest absolute Gasteiger partial charge is 0.351 e. The number of carbonyl (C=O) groups excluding carboxylic acids is 1. The number of fused-ring (bicyclic) bond motifs is 1. The van der Waals surface area contributed by atoms with Gasteiger partial charge in [0.2, 0.25) is 0 Å². The molecule has 0 fully saturated rings. The fourth-order valence-corrected chi connectivity index (χ4v) is 2.82. The van der Waals surface area contributed by atoms with Gasteiger partial charge in [-0.25, -0.2) is 0 Å². The van der Waals surface area contributed by atoms with Crippen molar-refractivity contribution in [1.29, 1.82) is 0 Å². The second-order valence-electron chi connectivity index (χ2n) is 5.71. The van der Waals surface area contributed by atoms with Crippen LogP contribution in [-0.2, 0) is 20.6 Å². The van der Waals surface area contributed by atoms with E-state index in [9.17, 15) is 4.79 Å². The maximum atomic E-state index is 12.1. The molecule has 23 heavy (non-hydrogen) atoms. The van der Waals surface area contributed by atoms with Gasteiger partial charge in [0, 0.05) is 27.2 Å². The van der Waals surface area contributed by atoms with Gasteiger partial charge in [0.25, 0.3) is 5.91 Å². The lowest BCUT2D eigenvalue weighted by atomic mass is 10.3. The van der Waals surface area contributed by atoms with Crippen LogP contribution in [0.15, 0.2) is 12.3 Å². The topological polar surface area (TPSA) is 82.6 Å². The Morgan fingerprint density at radius 1 is 1.22 bits per heavy atom. The van der Waals surface area contributed by atoms with Gasteiger partial charge in [-0.1, -0.05) is 0 Å². The third kappa shape index (κ3) is 2.84. The Bertz CT molecular complexity index is 855. The van der Waals surface area contributed by atoms with Gasteiger partial charge in [-0.05, 0) is 26.3 Å². The van der Waals surface area contributed by atoms with Crippen LogP contribution in [0.25, 0.3) is 11.0 Å². The number of hydrogen-bond acceptors (Lipinski definition) is 4. The van der Waals surface area contributed by atoms with Gasteiger partial charge in [0.1, 0.15) is 16.7 Å². The summed E-state index contributed by atoms with van der Waals surface area (Å²) in [4.78, 5) is 12.1. The zero-order valence-corrected chi connectivity index (χ0v) is 13.9. The fourth-order valence-electron chi connectivity index (χ4n) is 2.82. The van der Waals surface area contributed by atoms with Crippen molar-refractivity contribution in [1.82, 2.24) is 34.7 Å². The van der Waals surface area contributed by atoms with E-state index in [0.717, 1.165) is 35.4 Å². The number of nitrogens with zero attached hydrogens (tertiary/aromatic N) is 6. The van der Waals surface area contributed by atoms with Crippen molar-refractivity contribution in [2.45, 2.75) is 26.8 Å². The molecule has 3 aromatic heterocycles. The number of rotatable bonds is 5. The second-order valence-corrected chi connectivity index (χ2v) is 5.71. The Morgan fingerprint density at radius 3 is 2.70 bits per heavy atom. The van der Waals surface area contributed by atoms with E-state index in [1.54, 1.807) is 17.8 Å². The van der Waals surface area contributed by atoms with E-state index in [4.69, 9.17) is 0 Å². The maximum Gasteiger partial charge on any atom is 0.269 e. The molecule has 0 aliphatic rings. The minimum atomic E-state index is -0.101. The van der Waals surface area contributed by atoms with Gasteiger partial charge >= 0.3 is 0 Å². The summed E-state index contributed by atoms with van der Waals surface area (Å²) >= 11 is 0. The summed E-state index contributed by atoms with van der Waals surface area (Å²) in [5.74, 6) is -0.101. The highest BCUT2D eigenvalue weighted by Crippen LogP contribution is 2.16. The van der Waals surface area contributed by atoms with Crippen LogP contribution in [0.2, 0.25) is 0 Å². The van der Waals surface area contributed by atoms with E-state index >= 15 is 0 Å². The van der Waals surface area contributed by atoms with Crippen molar-refractivity contribution in [3.63, 3.8) is 0 Å². The van der Waals surface area contributed by atoms with Crippen molar-refractivity contribution < 1.29 is 4.79 Å². The molecule has 3 rings (SSSR count). The highest BCUT2D eigenvalue weighted by atomic mass is 16.2. The minimum Gasteiger partial charge on any atom is -0.351 e. The van der Waals surface area contributed by atoms with Crippen LogP contribution >= 0.6 is 0 Å². The predicted molar refractivity (Wildman–Crippen MR) is 86.1 cm³/mol. The van der Waals surface area contributed by atoms with Crippen LogP contribution in [0.4, 0.5) is 0 Å². The molecule has 0 spiro atoms. The molecule has 8 nitrogen and oxygen atoms in total. The number of carbonyl (C=O) groups is 1. The van der Waals surface area contributed by atoms with E-state index < -0.39 is 0 Å². The first-order chi connectivity index (χ1) is 11.0. The van der Waals surface area contributed by atoms with Crippen molar-refractivity contribution >= 4 is 16.9 Å². The highest BCUT2D eigenvalue weighted by Gasteiger charge is 2.13. The SMILES string of the molecule is Cc1cc(C(=O)NCCCn2ncc3c2c(C)nn3C)n(C)n1. The van der Waals surface area contributed by atoms with E-state index in [-0.39, 0.29) is 5.91 Å². The van der Waals surface area contributed by atoms with Gasteiger partial charge in [-0.15, -0.1) is 0 Å². The Balaban J connectivity index is 1.57. The molecule has 0 saturated carbocycles. The molecular weight excluding hydrogens is 294 g/mol. The minimum absolute atomic E-state index is 0.101. The first-order valence-electron chi connectivity index (χ1n) is 7.61. The Labute approximate surface area is 134 Å². The average Bonchev–Trinajstić information content (AvgIpc) is 3.13. The monoisotopic (exact) mass is 315 g/mol. The molecule has 0 aliphatic heterocycles. The van der Waals surface area contributed by atoms with Crippen LogP contribution in [0.3, 0.4) is 0 Å². The molecule has 1 N–H and O–H groups in total. The molecule has 8 heteroatoms. The van der Waals surface area contributed by atoms with Crippen molar-refractivity contribution in [3.05, 3.63) is 29.3 Å². The van der Waals surface area contributed by atoms with Crippen LogP contribution in [0, 0.1) is 13.8 Å². The average molecular weight is 315 g/mol. The molecule has 0 atom stereocenters. The normalized spacial score (nSPS) is 11.3. The molecule has 0 saturated heterocycles. The smallest absolute Gasteiger partial charge is 0.269 e. The summed E-state index contributed by atoms with van der Waals surface area (Å²) in [7, 11) is 3.69. The van der Waals surface area contributed by atoms with Crippen molar-refractivity contribution in [2.24, 2.45) is 14.1 Å². The highest BCUT2D eigenvalue weighted by molar-refractivity contribution is 5.92. The van der Waals surface area contributed by atoms with Crippen LogP contribution in [0.1, 0.15) is 28.3 Å². The summed E-state index contributed by atoms with van der Waals surface area (Å²) < 4.78 is 5.37. The molecule has 0 radical (unpaired) electrons. The lowest BCUT2D eigenvalue weighted by Crippen LogP contribution is -2.27. The van der Waals surface area contributed by atoms with E-state index in [0.29, 0.717) is 12.2 Å². The van der Waals surface area contributed by atoms with Crippen LogP contribution in [0.5, 0.6) is 0 Å². The Kier molecular flexibility index (Phi) is 3.89. The first kappa shape index (κ1) is 15.3. The van der Waals surface area contributed by atoms with Gasteiger partial charge in [0.15, 0.2) is 0 Å². The second kappa shape index (κ2) is 5.86. The maximum absolute atomic E-state index is 12.1. The molecule has 0 aliphatic carbocycles. The molecule has 122 valence electrons. The van der Waals surface area contributed by atoms with E-state index in [1.165, 1.54) is 0 Å². The lowest BCUT2D eigenvalue weighted by molar-refractivity contribution is 0.0943. The lowest BCUT2D eigenvalue weighted by Gasteiger charge is -2.06. The molecule has 0 aromatic carbocycles. The summed E-state index contributed by atoms with van der Waals surface area (Å²) in [6.45, 7) is 5.17. The molecule has 0 unspecified atom stereocenters. The standard InChI is InChI=1S/C15H21N7O/c1-10-8-12(20(3)18-10)15(23)16-6-5-7-22-14-11(2)19-21(4)13(14)9-17-22/h8-9H,5-7H2,1-4H3,(H,16,23). The summed E-state index contributed by atoms with van der Waals surface area (Å²) in [6, 6.07) is 1.78. The zero-order chi connectivity index (χ0) is 16.6. The summed E-state index contributed by atoms with van der Waals surface area (Å²) in [6.07, 6.45) is 2.63. The van der Waals surface area contributed by atoms with Gasteiger partial charge in [0.05, 0.1) is 17.6 Å². The van der Waals surface area contributed by atoms with Gasteiger partial charge in [-0.2, -0.15) is 15.3 Å². The predicted octanol–water partition coefficient (Wildman–Crippen LogP) is 0.940. The molecule has 1 amide bonds. The third-order valence-corrected chi connectivity index (χ3v) is 3.88. The summed E-state index contributed by atoms with van der Waals surface area (Å²) in [5, 5.41) is 15.9. The number of hydrogen-bond donors (Lipinski definition) is 1. The zero-order valence-electron chi connectivity index (χ0n) is 13.9. The number of aromatic nitrogens is 6. The van der Waals surface area contributed by atoms with Crippen molar-refractivity contribution in [2.75, 3.05) is 6.54 Å². The third-order valence-electron chi connectivity index (χ3n) is 3.88. The first-order valence-corrected chi connectivity index (χ1v) is 7.61. The van der Waals surface area contributed by atoms with E-state index in [1.807, 2.05) is 36.5 Å². The Morgan fingerprint density at radius 2 is 2.00 bits per heavy atom. The van der Waals surface area contributed by atoms with Crippen LogP contribution < -0.4 is 5.32 Å². The summed E-state index contributed by atoms with van der Waals surface area (Å²) in [5.41, 5.74) is 4.46. The number of nitrogens with one attached hydrogen (secondary N) is 1. The molecular formula is C15H21N7O. The number of amides is 1. The van der Waals surface area contributed by atoms with Gasteiger partial charge < -0.3 is 5.32 Å². The quantitative estimate of drug-likeness (QED) is 0.710. The van der Waals surface area contributed by atoms with Crippen molar-refractivity contribution in [3.8, 4) is 0 Å².